The van der Waals surface area contributed by atoms with Gasteiger partial charge in [-0.25, -0.2) is 8.78 Å². The second kappa shape index (κ2) is 6.21. The van der Waals surface area contributed by atoms with Crippen LogP contribution in [-0.4, -0.2) is 12.6 Å². The van der Waals surface area contributed by atoms with Crippen LogP contribution >= 0.6 is 11.6 Å². The summed E-state index contributed by atoms with van der Waals surface area (Å²) < 4.78 is 30.7. The minimum atomic E-state index is -0.882. The van der Waals surface area contributed by atoms with Crippen LogP contribution < -0.4 is 0 Å². The normalized spacial score (nSPS) is 9.41. The first-order chi connectivity index (χ1) is 8.04. The van der Waals surface area contributed by atoms with E-state index in [1.807, 2.05) is 0 Å². The molecule has 5 heteroatoms. The Morgan fingerprint density at radius 1 is 1.41 bits per heavy atom. The van der Waals surface area contributed by atoms with Crippen LogP contribution in [0.25, 0.3) is 0 Å². The van der Waals surface area contributed by atoms with Crippen molar-refractivity contribution in [1.29, 1.82) is 0 Å². The van der Waals surface area contributed by atoms with E-state index in [0.29, 0.717) is 0 Å². The number of benzene rings is 1. The van der Waals surface area contributed by atoms with Gasteiger partial charge in [0, 0.05) is 5.56 Å². The van der Waals surface area contributed by atoms with E-state index in [1.54, 1.807) is 6.92 Å². The van der Waals surface area contributed by atoms with Gasteiger partial charge in [-0.2, -0.15) is 0 Å². The number of ether oxygens (including phenoxy) is 1. The van der Waals surface area contributed by atoms with Crippen molar-refractivity contribution in [2.75, 3.05) is 6.61 Å². The quantitative estimate of drug-likeness (QED) is 0.463. The predicted octanol–water partition coefficient (Wildman–Crippen LogP) is 2.92. The highest BCUT2D eigenvalue weighted by atomic mass is 35.5. The third kappa shape index (κ3) is 4.04. The lowest BCUT2D eigenvalue weighted by molar-refractivity contribution is -0.141. The van der Waals surface area contributed by atoms with Gasteiger partial charge in [0.05, 0.1) is 6.61 Å². The summed E-state index contributed by atoms with van der Waals surface area (Å²) in [6.07, 6.45) is -0.125. The van der Waals surface area contributed by atoms with Gasteiger partial charge in [-0.15, -0.1) is 0 Å². The van der Waals surface area contributed by atoms with E-state index in [-0.39, 0.29) is 18.6 Å². The van der Waals surface area contributed by atoms with Crippen LogP contribution in [0.1, 0.15) is 18.9 Å². The summed E-state index contributed by atoms with van der Waals surface area (Å²) in [7, 11) is 0. The van der Waals surface area contributed by atoms with E-state index in [1.165, 1.54) is 0 Å². The molecule has 0 unspecified atom stereocenters. The Morgan fingerprint density at radius 2 is 2.00 bits per heavy atom. The summed E-state index contributed by atoms with van der Waals surface area (Å²) in [4.78, 5) is 10.9. The lowest BCUT2D eigenvalue weighted by Crippen LogP contribution is -2.01. The topological polar surface area (TPSA) is 26.3 Å². The molecule has 90 valence electrons. The summed E-state index contributed by atoms with van der Waals surface area (Å²) in [5, 5.41) is -0.569. The molecule has 0 saturated heterocycles. The van der Waals surface area contributed by atoms with Gasteiger partial charge in [0.15, 0.2) is 0 Å². The van der Waals surface area contributed by atoms with Gasteiger partial charge in [-0.05, 0) is 19.1 Å². The van der Waals surface area contributed by atoms with Crippen LogP contribution in [0.3, 0.4) is 0 Å². The molecule has 0 amide bonds. The highest BCUT2D eigenvalue weighted by Crippen LogP contribution is 2.19. The first kappa shape index (κ1) is 13.5. The molecule has 0 radical (unpaired) electrons. The molecule has 0 aromatic heterocycles. The molecule has 1 aromatic carbocycles. The smallest absolute Gasteiger partial charge is 0.317 e. The van der Waals surface area contributed by atoms with Crippen molar-refractivity contribution < 1.29 is 18.3 Å². The Kier molecular flexibility index (Phi) is 4.92. The Hall–Kier alpha value is -1.60. The van der Waals surface area contributed by atoms with E-state index in [9.17, 15) is 13.6 Å². The van der Waals surface area contributed by atoms with E-state index < -0.39 is 22.6 Å². The molecule has 0 saturated carbocycles. The van der Waals surface area contributed by atoms with Crippen molar-refractivity contribution in [2.45, 2.75) is 13.3 Å². The molecule has 0 aliphatic rings. The first-order valence-corrected chi connectivity index (χ1v) is 5.21. The molecular weight excluding hydrogens is 250 g/mol. The van der Waals surface area contributed by atoms with E-state index in [0.717, 1.165) is 12.1 Å². The third-order valence-corrected chi connectivity index (χ3v) is 2.12. The number of halogens is 3. The fourth-order valence-corrected chi connectivity index (χ4v) is 1.17. The fraction of sp³-hybridized carbons (Fsp3) is 0.250. The standard InChI is InChI=1S/C12H9ClF2O2/c1-2-17-11(16)5-3-4-8-6-9(14)12(13)10(15)7-8/h6-7H,2,5H2,1H3. The van der Waals surface area contributed by atoms with Gasteiger partial charge in [0.1, 0.15) is 23.1 Å². The van der Waals surface area contributed by atoms with E-state index in [2.05, 4.69) is 16.6 Å². The van der Waals surface area contributed by atoms with Crippen molar-refractivity contribution >= 4 is 17.6 Å². The van der Waals surface area contributed by atoms with Gasteiger partial charge in [0.25, 0.3) is 0 Å². The van der Waals surface area contributed by atoms with Gasteiger partial charge in [0.2, 0.25) is 0 Å². The van der Waals surface area contributed by atoms with E-state index in [4.69, 9.17) is 11.6 Å². The summed E-state index contributed by atoms with van der Waals surface area (Å²) in [6, 6.07) is 2.01. The van der Waals surface area contributed by atoms with E-state index >= 15 is 0 Å². The Balaban J connectivity index is 2.76. The molecule has 2 nitrogen and oxygen atoms in total. The minimum Gasteiger partial charge on any atom is -0.465 e. The van der Waals surface area contributed by atoms with Gasteiger partial charge < -0.3 is 4.74 Å². The molecule has 0 aliphatic heterocycles. The van der Waals surface area contributed by atoms with Gasteiger partial charge in [-0.3, -0.25) is 4.79 Å². The van der Waals surface area contributed by atoms with Crippen LogP contribution in [0.4, 0.5) is 8.78 Å². The summed E-state index contributed by atoms with van der Waals surface area (Å²) in [6.45, 7) is 1.94. The molecule has 0 spiro atoms. The van der Waals surface area contributed by atoms with Crippen LogP contribution in [0.2, 0.25) is 5.02 Å². The molecule has 0 aliphatic carbocycles. The monoisotopic (exact) mass is 258 g/mol. The highest BCUT2D eigenvalue weighted by Gasteiger charge is 2.07. The average Bonchev–Trinajstić information content (AvgIpc) is 2.26. The highest BCUT2D eigenvalue weighted by molar-refractivity contribution is 6.30. The van der Waals surface area contributed by atoms with Crippen molar-refractivity contribution in [3.05, 3.63) is 34.4 Å². The van der Waals surface area contributed by atoms with Crippen molar-refractivity contribution in [3.8, 4) is 11.8 Å². The summed E-state index contributed by atoms with van der Waals surface area (Å²) >= 11 is 5.30. The number of rotatable bonds is 2. The number of hydrogen-bond acceptors (Lipinski definition) is 2. The van der Waals surface area contributed by atoms with Crippen LogP contribution in [0, 0.1) is 23.5 Å². The summed E-state index contributed by atoms with van der Waals surface area (Å²) in [5.41, 5.74) is 0.119. The Labute approximate surface area is 103 Å². The molecule has 0 N–H and O–H groups in total. The maximum absolute atomic E-state index is 13.0. The molecule has 17 heavy (non-hydrogen) atoms. The van der Waals surface area contributed by atoms with Crippen molar-refractivity contribution in [2.24, 2.45) is 0 Å². The number of esters is 1. The summed E-state index contributed by atoms with van der Waals surface area (Å²) in [5.74, 6) is 2.67. The lowest BCUT2D eigenvalue weighted by Gasteiger charge is -1.97. The maximum atomic E-state index is 13.0. The Morgan fingerprint density at radius 3 is 2.53 bits per heavy atom. The maximum Gasteiger partial charge on any atom is 0.317 e. The van der Waals surface area contributed by atoms with Crippen LogP contribution in [-0.2, 0) is 9.53 Å². The predicted molar refractivity (Wildman–Crippen MR) is 59.5 cm³/mol. The number of hydrogen-bond donors (Lipinski definition) is 0. The largest absolute Gasteiger partial charge is 0.465 e. The fourth-order valence-electron chi connectivity index (χ4n) is 1.06. The SMILES string of the molecule is CCOC(=O)CC#Cc1cc(F)c(Cl)c(F)c1. The minimum absolute atomic E-state index is 0.119. The zero-order valence-electron chi connectivity index (χ0n) is 9.02. The molecule has 0 bridgehead atoms. The van der Waals surface area contributed by atoms with Crippen molar-refractivity contribution in [3.63, 3.8) is 0 Å². The second-order valence-corrected chi connectivity index (χ2v) is 3.42. The zero-order valence-corrected chi connectivity index (χ0v) is 9.78. The molecule has 0 fully saturated rings. The zero-order chi connectivity index (χ0) is 12.8. The molecular formula is C12H9ClF2O2. The molecule has 0 heterocycles. The molecule has 0 atom stereocenters. The second-order valence-electron chi connectivity index (χ2n) is 3.04. The average molecular weight is 259 g/mol. The molecule has 1 rings (SSSR count). The lowest BCUT2D eigenvalue weighted by atomic mass is 10.2. The van der Waals surface area contributed by atoms with Crippen molar-refractivity contribution in [1.82, 2.24) is 0 Å². The van der Waals surface area contributed by atoms with Gasteiger partial charge in [-0.1, -0.05) is 23.4 Å². The third-order valence-electron chi connectivity index (χ3n) is 1.75. The molecule has 1 aromatic rings. The Bertz CT molecular complexity index is 466. The van der Waals surface area contributed by atoms with Gasteiger partial charge >= 0.3 is 5.97 Å². The van der Waals surface area contributed by atoms with Crippen LogP contribution in [0.5, 0.6) is 0 Å². The first-order valence-electron chi connectivity index (χ1n) is 4.83. The number of carbonyl (C=O) groups is 1. The number of carbonyl (C=O) groups excluding carboxylic acids is 1. The van der Waals surface area contributed by atoms with Crippen LogP contribution in [0.15, 0.2) is 12.1 Å².